The molecule has 0 atom stereocenters. The fourth-order valence-electron chi connectivity index (χ4n) is 1.92. The largest absolute Gasteiger partial charge is 0.350 e. The zero-order valence-electron chi connectivity index (χ0n) is 12.0. The van der Waals surface area contributed by atoms with Gasteiger partial charge >= 0.3 is 0 Å². The minimum Gasteiger partial charge on any atom is -0.350 e. The van der Waals surface area contributed by atoms with Crippen LogP contribution in [0.15, 0.2) is 54.1 Å². The van der Waals surface area contributed by atoms with Gasteiger partial charge in [0.25, 0.3) is 11.5 Å². The Morgan fingerprint density at radius 2 is 2.13 bits per heavy atom. The molecule has 0 saturated heterocycles. The topological polar surface area (TPSA) is 108 Å². The Balaban J connectivity index is 1.65. The fraction of sp³-hybridized carbons (Fsp3) is 0.143. The predicted molar refractivity (Wildman–Crippen MR) is 80.0 cm³/mol. The van der Waals surface area contributed by atoms with Gasteiger partial charge in [0.1, 0.15) is 12.7 Å². The molecule has 23 heavy (non-hydrogen) atoms. The maximum absolute atomic E-state index is 11.9. The third-order valence-corrected chi connectivity index (χ3v) is 3.04. The quantitative estimate of drug-likeness (QED) is 0.690. The van der Waals surface area contributed by atoms with E-state index in [9.17, 15) is 9.59 Å². The Hall–Kier alpha value is -3.36. The van der Waals surface area contributed by atoms with E-state index in [0.717, 1.165) is 0 Å². The molecule has 0 unspecified atom stereocenters. The highest BCUT2D eigenvalue weighted by atomic mass is 16.2. The van der Waals surface area contributed by atoms with Gasteiger partial charge in [0.2, 0.25) is 0 Å². The molecule has 3 aromatic heterocycles. The lowest BCUT2D eigenvalue weighted by Gasteiger charge is -2.08. The molecular formula is C14H13N7O2. The number of nitrogens with one attached hydrogen (secondary N) is 1. The van der Waals surface area contributed by atoms with E-state index in [0.29, 0.717) is 11.4 Å². The summed E-state index contributed by atoms with van der Waals surface area (Å²) in [6.07, 6.45) is 5.94. The van der Waals surface area contributed by atoms with E-state index in [4.69, 9.17) is 0 Å². The Labute approximate surface area is 130 Å². The summed E-state index contributed by atoms with van der Waals surface area (Å²) in [4.78, 5) is 31.4. The molecule has 0 radical (unpaired) electrons. The Morgan fingerprint density at radius 1 is 1.22 bits per heavy atom. The first kappa shape index (κ1) is 14.6. The van der Waals surface area contributed by atoms with Gasteiger partial charge in [-0.05, 0) is 18.2 Å². The molecule has 9 nitrogen and oxygen atoms in total. The number of nitrogens with zero attached hydrogens (tertiary/aromatic N) is 6. The van der Waals surface area contributed by atoms with Crippen molar-refractivity contribution in [1.82, 2.24) is 34.8 Å². The summed E-state index contributed by atoms with van der Waals surface area (Å²) in [6.45, 7) is 0.509. The zero-order chi connectivity index (χ0) is 16.1. The molecule has 0 aliphatic rings. The average molecular weight is 311 g/mol. The van der Waals surface area contributed by atoms with Crippen molar-refractivity contribution in [2.45, 2.75) is 6.54 Å². The van der Waals surface area contributed by atoms with Crippen LogP contribution in [0.3, 0.4) is 0 Å². The minimum absolute atomic E-state index is 0.243. The van der Waals surface area contributed by atoms with E-state index in [1.807, 2.05) is 0 Å². The molecule has 0 aliphatic carbocycles. The highest BCUT2D eigenvalue weighted by Gasteiger charge is 2.06. The van der Waals surface area contributed by atoms with Gasteiger partial charge in [0.05, 0.1) is 12.1 Å². The second-order valence-corrected chi connectivity index (χ2v) is 4.59. The molecule has 1 N–H and O–H groups in total. The predicted octanol–water partition coefficient (Wildman–Crippen LogP) is -0.351. The minimum atomic E-state index is -0.260. The van der Waals surface area contributed by atoms with Crippen LogP contribution in [-0.4, -0.2) is 42.0 Å². The molecule has 3 heterocycles. The molecule has 0 saturated carbocycles. The van der Waals surface area contributed by atoms with Crippen LogP contribution in [0, 0.1) is 0 Å². The van der Waals surface area contributed by atoms with Crippen LogP contribution in [0.1, 0.15) is 10.4 Å². The lowest BCUT2D eigenvalue weighted by Crippen LogP contribution is -2.32. The van der Waals surface area contributed by atoms with E-state index >= 15 is 0 Å². The molecule has 0 bridgehead atoms. The van der Waals surface area contributed by atoms with E-state index in [1.165, 1.54) is 34.3 Å². The normalized spacial score (nSPS) is 10.4. The van der Waals surface area contributed by atoms with Crippen LogP contribution in [0.4, 0.5) is 0 Å². The Bertz CT molecular complexity index is 843. The number of carbonyl (C=O) groups is 1. The van der Waals surface area contributed by atoms with Crippen LogP contribution in [0.2, 0.25) is 0 Å². The van der Waals surface area contributed by atoms with Crippen molar-refractivity contribution in [2.75, 3.05) is 6.54 Å². The van der Waals surface area contributed by atoms with Crippen molar-refractivity contribution in [1.29, 1.82) is 0 Å². The van der Waals surface area contributed by atoms with Crippen molar-refractivity contribution >= 4 is 5.91 Å². The number of rotatable bonds is 5. The summed E-state index contributed by atoms with van der Waals surface area (Å²) < 4.78 is 2.71. The second-order valence-electron chi connectivity index (χ2n) is 4.59. The van der Waals surface area contributed by atoms with E-state index in [-0.39, 0.29) is 24.6 Å². The highest BCUT2D eigenvalue weighted by Crippen LogP contribution is 1.97. The molecule has 0 spiro atoms. The van der Waals surface area contributed by atoms with Crippen LogP contribution in [-0.2, 0) is 6.54 Å². The van der Waals surface area contributed by atoms with E-state index < -0.39 is 0 Å². The number of amides is 1. The first-order valence-corrected chi connectivity index (χ1v) is 6.85. The van der Waals surface area contributed by atoms with Gasteiger partial charge in [-0.25, -0.2) is 14.3 Å². The van der Waals surface area contributed by atoms with Gasteiger partial charge in [-0.3, -0.25) is 14.6 Å². The van der Waals surface area contributed by atoms with Crippen LogP contribution in [0.5, 0.6) is 0 Å². The Kier molecular flexibility index (Phi) is 4.18. The molecule has 9 heteroatoms. The van der Waals surface area contributed by atoms with Gasteiger partial charge < -0.3 is 5.32 Å². The number of hydrogen-bond donors (Lipinski definition) is 1. The summed E-state index contributed by atoms with van der Waals surface area (Å²) >= 11 is 0. The van der Waals surface area contributed by atoms with Gasteiger partial charge in [-0.15, -0.1) is 5.10 Å². The lowest BCUT2D eigenvalue weighted by atomic mass is 10.3. The number of aromatic nitrogens is 6. The summed E-state index contributed by atoms with van der Waals surface area (Å²) in [7, 11) is 0. The van der Waals surface area contributed by atoms with Gasteiger partial charge in [-0.1, -0.05) is 0 Å². The number of pyridine rings is 1. The summed E-state index contributed by atoms with van der Waals surface area (Å²) in [5.74, 6) is 0.222. The van der Waals surface area contributed by atoms with Crippen LogP contribution < -0.4 is 10.9 Å². The molecule has 0 aromatic carbocycles. The Morgan fingerprint density at radius 3 is 2.87 bits per heavy atom. The van der Waals surface area contributed by atoms with Gasteiger partial charge in [-0.2, -0.15) is 5.10 Å². The number of hydrogen-bond acceptors (Lipinski definition) is 6. The maximum Gasteiger partial charge on any atom is 0.266 e. The van der Waals surface area contributed by atoms with Gasteiger partial charge in [0.15, 0.2) is 5.82 Å². The van der Waals surface area contributed by atoms with Crippen molar-refractivity contribution in [3.8, 4) is 5.82 Å². The van der Waals surface area contributed by atoms with Crippen molar-refractivity contribution in [3.05, 3.63) is 65.2 Å². The van der Waals surface area contributed by atoms with Crippen molar-refractivity contribution in [2.24, 2.45) is 0 Å². The molecule has 3 rings (SSSR count). The van der Waals surface area contributed by atoms with E-state index in [2.05, 4.69) is 25.5 Å². The van der Waals surface area contributed by atoms with Crippen LogP contribution >= 0.6 is 0 Å². The summed E-state index contributed by atoms with van der Waals surface area (Å²) in [5, 5.41) is 10.9. The molecule has 3 aromatic rings. The lowest BCUT2D eigenvalue weighted by molar-refractivity contribution is 0.0951. The first-order valence-electron chi connectivity index (χ1n) is 6.85. The second kappa shape index (κ2) is 6.60. The maximum atomic E-state index is 11.9. The average Bonchev–Trinajstić information content (AvgIpc) is 3.12. The van der Waals surface area contributed by atoms with Crippen molar-refractivity contribution < 1.29 is 4.79 Å². The van der Waals surface area contributed by atoms with Crippen LogP contribution in [0.25, 0.3) is 5.82 Å². The zero-order valence-corrected chi connectivity index (χ0v) is 12.0. The SMILES string of the molecule is O=C(NCCn1nc(-n2cncn2)ccc1=O)c1cccnc1. The summed E-state index contributed by atoms with van der Waals surface area (Å²) in [5.41, 5.74) is 0.202. The fourth-order valence-corrected chi connectivity index (χ4v) is 1.92. The highest BCUT2D eigenvalue weighted by molar-refractivity contribution is 5.93. The molecule has 0 aliphatic heterocycles. The molecule has 116 valence electrons. The first-order chi connectivity index (χ1) is 11.2. The number of carbonyl (C=O) groups excluding carboxylic acids is 1. The molecule has 1 amide bonds. The standard InChI is InChI=1S/C14H13N7O2/c22-13-4-3-12(21-10-16-9-18-21)19-20(13)7-6-17-14(23)11-2-1-5-15-8-11/h1-5,8-10H,6-7H2,(H,17,23). The van der Waals surface area contributed by atoms with Crippen molar-refractivity contribution in [3.63, 3.8) is 0 Å². The van der Waals surface area contributed by atoms with E-state index in [1.54, 1.807) is 24.4 Å². The molecular weight excluding hydrogens is 298 g/mol. The van der Waals surface area contributed by atoms with Gasteiger partial charge in [0, 0.05) is 25.0 Å². The molecule has 0 fully saturated rings. The third-order valence-electron chi connectivity index (χ3n) is 3.04. The third kappa shape index (κ3) is 3.46. The smallest absolute Gasteiger partial charge is 0.266 e. The monoisotopic (exact) mass is 311 g/mol. The summed E-state index contributed by atoms with van der Waals surface area (Å²) in [6, 6.07) is 6.30.